The lowest BCUT2D eigenvalue weighted by atomic mass is 10.2. The van der Waals surface area contributed by atoms with E-state index in [1.807, 2.05) is 0 Å². The molecule has 1 fully saturated rings. The molecule has 1 heterocycles. The Morgan fingerprint density at radius 2 is 2.22 bits per heavy atom. The molecule has 0 aromatic carbocycles. The van der Waals surface area contributed by atoms with Gasteiger partial charge in [-0.2, -0.15) is 0 Å². The van der Waals surface area contributed by atoms with Crippen molar-refractivity contribution in [3.05, 3.63) is 0 Å². The molecule has 0 aromatic rings. The minimum atomic E-state index is 0.573. The standard InChI is InChI=1S/C7H15OS/c1-9(2)7-4-3-5-8-6-7/h7H,3-6H2,1-2H3/q+1/t7-/m1/s1. The van der Waals surface area contributed by atoms with E-state index in [0.29, 0.717) is 10.9 Å². The molecule has 1 saturated heterocycles. The van der Waals surface area contributed by atoms with Gasteiger partial charge in [0.2, 0.25) is 0 Å². The Balaban J connectivity index is 2.23. The van der Waals surface area contributed by atoms with Gasteiger partial charge in [-0.1, -0.05) is 0 Å². The summed E-state index contributed by atoms with van der Waals surface area (Å²) in [4.78, 5) is 0. The third-order valence-corrected chi connectivity index (χ3v) is 3.49. The Morgan fingerprint density at radius 1 is 1.44 bits per heavy atom. The lowest BCUT2D eigenvalue weighted by molar-refractivity contribution is 0.101. The topological polar surface area (TPSA) is 9.23 Å². The van der Waals surface area contributed by atoms with E-state index in [-0.39, 0.29) is 0 Å². The molecule has 0 N–H and O–H groups in total. The second-order valence-corrected chi connectivity index (χ2v) is 5.14. The van der Waals surface area contributed by atoms with E-state index >= 15 is 0 Å². The lowest BCUT2D eigenvalue weighted by Crippen LogP contribution is -2.29. The van der Waals surface area contributed by atoms with Gasteiger partial charge in [0.05, 0.1) is 19.1 Å². The molecule has 54 valence electrons. The average molecular weight is 147 g/mol. The molecule has 0 saturated carbocycles. The summed E-state index contributed by atoms with van der Waals surface area (Å²) in [5, 5.41) is 0.860. The smallest absolute Gasteiger partial charge is 0.140 e. The minimum Gasteiger partial charge on any atom is -0.376 e. The highest BCUT2D eigenvalue weighted by Gasteiger charge is 2.23. The van der Waals surface area contributed by atoms with Gasteiger partial charge in [-0.05, 0) is 23.7 Å². The molecule has 2 heteroatoms. The first-order valence-electron chi connectivity index (χ1n) is 3.45. The van der Waals surface area contributed by atoms with Gasteiger partial charge in [0.25, 0.3) is 0 Å². The van der Waals surface area contributed by atoms with Crippen molar-refractivity contribution in [2.24, 2.45) is 0 Å². The van der Waals surface area contributed by atoms with E-state index < -0.39 is 0 Å². The normalized spacial score (nSPS) is 29.0. The van der Waals surface area contributed by atoms with Crippen LogP contribution in [0.15, 0.2) is 0 Å². The van der Waals surface area contributed by atoms with Gasteiger partial charge >= 0.3 is 0 Å². The predicted octanol–water partition coefficient (Wildman–Crippen LogP) is 1.04. The van der Waals surface area contributed by atoms with E-state index in [2.05, 4.69) is 12.5 Å². The predicted molar refractivity (Wildman–Crippen MR) is 43.1 cm³/mol. The highest BCUT2D eigenvalue weighted by molar-refractivity contribution is 7.96. The van der Waals surface area contributed by atoms with Gasteiger partial charge in [0.15, 0.2) is 0 Å². The maximum Gasteiger partial charge on any atom is 0.140 e. The lowest BCUT2D eigenvalue weighted by Gasteiger charge is -2.18. The maximum atomic E-state index is 5.35. The summed E-state index contributed by atoms with van der Waals surface area (Å²) in [6.07, 6.45) is 7.27. The van der Waals surface area contributed by atoms with Crippen LogP contribution in [0.5, 0.6) is 0 Å². The molecule has 1 atom stereocenters. The summed E-state index contributed by atoms with van der Waals surface area (Å²) in [5.41, 5.74) is 0. The van der Waals surface area contributed by atoms with Gasteiger partial charge in [-0.3, -0.25) is 0 Å². The first kappa shape index (κ1) is 7.42. The Bertz CT molecular complexity index is 77.0. The van der Waals surface area contributed by atoms with Crippen molar-refractivity contribution < 1.29 is 4.74 Å². The summed E-state index contributed by atoms with van der Waals surface area (Å²) >= 11 is 0. The molecule has 0 aromatic heterocycles. The van der Waals surface area contributed by atoms with Gasteiger partial charge in [0, 0.05) is 6.61 Å². The molecule has 1 nitrogen and oxygen atoms in total. The van der Waals surface area contributed by atoms with Crippen LogP contribution in [0.1, 0.15) is 12.8 Å². The largest absolute Gasteiger partial charge is 0.376 e. The van der Waals surface area contributed by atoms with Crippen molar-refractivity contribution in [2.45, 2.75) is 18.1 Å². The van der Waals surface area contributed by atoms with Crippen molar-refractivity contribution in [3.8, 4) is 0 Å². The Kier molecular flexibility index (Phi) is 2.86. The fourth-order valence-corrected chi connectivity index (χ4v) is 2.09. The first-order chi connectivity index (χ1) is 4.30. The summed E-state index contributed by atoms with van der Waals surface area (Å²) in [6, 6.07) is 0. The molecule has 0 radical (unpaired) electrons. The van der Waals surface area contributed by atoms with Crippen LogP contribution in [0.25, 0.3) is 0 Å². The maximum absolute atomic E-state index is 5.35. The Labute approximate surface area is 60.1 Å². The van der Waals surface area contributed by atoms with Crippen molar-refractivity contribution in [3.63, 3.8) is 0 Å². The van der Waals surface area contributed by atoms with Crippen LogP contribution < -0.4 is 0 Å². The molecule has 1 aliphatic rings. The number of ether oxygens (including phenoxy) is 1. The molecule has 1 rings (SSSR count). The Morgan fingerprint density at radius 3 is 2.56 bits per heavy atom. The van der Waals surface area contributed by atoms with E-state index in [0.717, 1.165) is 18.5 Å². The third-order valence-electron chi connectivity index (χ3n) is 1.79. The monoisotopic (exact) mass is 147 g/mol. The van der Waals surface area contributed by atoms with E-state index in [9.17, 15) is 0 Å². The molecule has 9 heavy (non-hydrogen) atoms. The average Bonchev–Trinajstić information content (AvgIpc) is 1.90. The van der Waals surface area contributed by atoms with Crippen LogP contribution in [-0.4, -0.2) is 31.0 Å². The van der Waals surface area contributed by atoms with Gasteiger partial charge in [-0.25, -0.2) is 0 Å². The van der Waals surface area contributed by atoms with E-state index in [1.54, 1.807) is 0 Å². The van der Waals surface area contributed by atoms with Crippen molar-refractivity contribution in [1.82, 2.24) is 0 Å². The number of hydrogen-bond donors (Lipinski definition) is 0. The second kappa shape index (κ2) is 3.47. The summed E-state index contributed by atoms with van der Waals surface area (Å²) in [5.74, 6) is 0. The zero-order valence-electron chi connectivity index (χ0n) is 6.22. The highest BCUT2D eigenvalue weighted by atomic mass is 32.2. The highest BCUT2D eigenvalue weighted by Crippen LogP contribution is 2.13. The molecule has 0 unspecified atom stereocenters. The number of rotatable bonds is 1. The van der Waals surface area contributed by atoms with E-state index in [1.165, 1.54) is 12.8 Å². The molecular formula is C7H15OS+. The van der Waals surface area contributed by atoms with Crippen LogP contribution in [0.4, 0.5) is 0 Å². The van der Waals surface area contributed by atoms with Crippen molar-refractivity contribution >= 4 is 10.9 Å². The molecule has 1 aliphatic heterocycles. The van der Waals surface area contributed by atoms with Crippen LogP contribution in [0, 0.1) is 0 Å². The molecule has 0 amide bonds. The van der Waals surface area contributed by atoms with Gasteiger partial charge < -0.3 is 4.74 Å². The van der Waals surface area contributed by atoms with Crippen LogP contribution >= 0.6 is 0 Å². The van der Waals surface area contributed by atoms with Crippen LogP contribution in [0.2, 0.25) is 0 Å². The fourth-order valence-electron chi connectivity index (χ4n) is 1.08. The molecule has 0 aliphatic carbocycles. The zero-order valence-corrected chi connectivity index (χ0v) is 7.04. The SMILES string of the molecule is C[S+](C)[C@@H]1CCCOC1. The minimum absolute atomic E-state index is 0.573. The summed E-state index contributed by atoms with van der Waals surface area (Å²) in [7, 11) is 0.573. The zero-order chi connectivity index (χ0) is 6.69. The first-order valence-corrected chi connectivity index (χ1v) is 5.55. The van der Waals surface area contributed by atoms with Crippen LogP contribution in [-0.2, 0) is 15.6 Å². The third kappa shape index (κ3) is 2.18. The van der Waals surface area contributed by atoms with Crippen molar-refractivity contribution in [1.29, 1.82) is 0 Å². The molecule has 0 bridgehead atoms. The second-order valence-electron chi connectivity index (χ2n) is 2.72. The summed E-state index contributed by atoms with van der Waals surface area (Å²) < 4.78 is 5.35. The van der Waals surface area contributed by atoms with Gasteiger partial charge in [0.1, 0.15) is 5.25 Å². The van der Waals surface area contributed by atoms with Gasteiger partial charge in [-0.15, -0.1) is 0 Å². The number of hydrogen-bond acceptors (Lipinski definition) is 1. The summed E-state index contributed by atoms with van der Waals surface area (Å²) in [6.45, 7) is 2.00. The fraction of sp³-hybridized carbons (Fsp3) is 1.00. The molecular weight excluding hydrogens is 132 g/mol. The molecule has 0 spiro atoms. The quantitative estimate of drug-likeness (QED) is 0.504. The van der Waals surface area contributed by atoms with E-state index in [4.69, 9.17) is 4.74 Å². The van der Waals surface area contributed by atoms with Crippen LogP contribution in [0.3, 0.4) is 0 Å². The Hall–Kier alpha value is 0.310. The van der Waals surface area contributed by atoms with Crippen molar-refractivity contribution in [2.75, 3.05) is 25.7 Å².